The van der Waals surface area contributed by atoms with Crippen molar-refractivity contribution in [3.05, 3.63) is 5.69 Å². The van der Waals surface area contributed by atoms with E-state index in [-0.39, 0.29) is 16.3 Å². The van der Waals surface area contributed by atoms with E-state index in [0.29, 0.717) is 5.69 Å². The van der Waals surface area contributed by atoms with Crippen molar-refractivity contribution in [2.75, 3.05) is 5.73 Å². The van der Waals surface area contributed by atoms with Crippen LogP contribution in [0.4, 0.5) is 5.82 Å². The Balaban J connectivity index is 2.37. The molecule has 1 aromatic heterocycles. The van der Waals surface area contributed by atoms with Crippen LogP contribution in [0.15, 0.2) is 4.90 Å². The fourth-order valence-corrected chi connectivity index (χ4v) is 4.37. The molecular formula is C11H20N4O2S. The first kappa shape index (κ1) is 13.4. The van der Waals surface area contributed by atoms with Crippen LogP contribution >= 0.6 is 0 Å². The fraction of sp³-hybridized carbons (Fsp3) is 0.727. The standard InChI is InChI=1S/C11H20N4O2S/c1-8-9(10(12)13-15(8)3)18(16,17)14-11(2)6-4-5-7-11/h14H,4-7H2,1-3H3,(H2,12,13). The van der Waals surface area contributed by atoms with Crippen LogP contribution in [0.1, 0.15) is 38.3 Å². The van der Waals surface area contributed by atoms with Gasteiger partial charge in [0.15, 0.2) is 5.82 Å². The third-order valence-corrected chi connectivity index (χ3v) is 5.46. The highest BCUT2D eigenvalue weighted by molar-refractivity contribution is 7.89. The number of aryl methyl sites for hydroxylation is 1. The molecule has 3 N–H and O–H groups in total. The largest absolute Gasteiger partial charge is 0.381 e. The number of rotatable bonds is 3. The Morgan fingerprint density at radius 3 is 2.39 bits per heavy atom. The van der Waals surface area contributed by atoms with Crippen molar-refractivity contribution in [2.45, 2.75) is 50.0 Å². The highest BCUT2D eigenvalue weighted by Crippen LogP contribution is 2.32. The van der Waals surface area contributed by atoms with Gasteiger partial charge in [-0.3, -0.25) is 4.68 Å². The molecule has 0 unspecified atom stereocenters. The fourth-order valence-electron chi connectivity index (χ4n) is 2.58. The molecule has 7 heteroatoms. The predicted octanol–water partition coefficient (Wildman–Crippen LogP) is 0.922. The maximum atomic E-state index is 12.4. The van der Waals surface area contributed by atoms with E-state index in [1.165, 1.54) is 4.68 Å². The van der Waals surface area contributed by atoms with E-state index in [0.717, 1.165) is 25.7 Å². The molecule has 18 heavy (non-hydrogen) atoms. The monoisotopic (exact) mass is 272 g/mol. The molecule has 0 aliphatic heterocycles. The van der Waals surface area contributed by atoms with Crippen LogP contribution in [0.3, 0.4) is 0 Å². The number of aromatic nitrogens is 2. The number of nitrogen functional groups attached to an aromatic ring is 1. The molecule has 0 aromatic carbocycles. The maximum absolute atomic E-state index is 12.4. The van der Waals surface area contributed by atoms with Gasteiger partial charge >= 0.3 is 0 Å². The lowest BCUT2D eigenvalue weighted by Gasteiger charge is -2.24. The summed E-state index contributed by atoms with van der Waals surface area (Å²) >= 11 is 0. The van der Waals surface area contributed by atoms with Gasteiger partial charge in [0, 0.05) is 12.6 Å². The van der Waals surface area contributed by atoms with E-state index in [4.69, 9.17) is 5.73 Å². The first-order chi connectivity index (χ1) is 8.25. The molecule has 0 bridgehead atoms. The summed E-state index contributed by atoms with van der Waals surface area (Å²) in [5.41, 5.74) is 5.90. The molecule has 0 atom stereocenters. The van der Waals surface area contributed by atoms with Crippen molar-refractivity contribution in [2.24, 2.45) is 7.05 Å². The molecule has 1 aliphatic rings. The van der Waals surface area contributed by atoms with Gasteiger partial charge in [-0.2, -0.15) is 5.10 Å². The van der Waals surface area contributed by atoms with Crippen LogP contribution in [-0.2, 0) is 17.1 Å². The molecule has 1 heterocycles. The van der Waals surface area contributed by atoms with Crippen LogP contribution in [0.2, 0.25) is 0 Å². The van der Waals surface area contributed by atoms with Crippen LogP contribution in [0.5, 0.6) is 0 Å². The topological polar surface area (TPSA) is 90.0 Å². The molecule has 1 fully saturated rings. The average molecular weight is 272 g/mol. The Labute approximate surface area is 108 Å². The highest BCUT2D eigenvalue weighted by Gasteiger charge is 2.35. The van der Waals surface area contributed by atoms with Gasteiger partial charge < -0.3 is 5.73 Å². The quantitative estimate of drug-likeness (QED) is 0.856. The SMILES string of the molecule is Cc1c(S(=O)(=O)NC2(C)CCCC2)c(N)nn1C. The van der Waals surface area contributed by atoms with E-state index < -0.39 is 10.0 Å². The number of nitrogens with zero attached hydrogens (tertiary/aromatic N) is 2. The molecule has 6 nitrogen and oxygen atoms in total. The van der Waals surface area contributed by atoms with Crippen LogP contribution < -0.4 is 10.5 Å². The van der Waals surface area contributed by atoms with Crippen molar-refractivity contribution in [3.8, 4) is 0 Å². The van der Waals surface area contributed by atoms with E-state index >= 15 is 0 Å². The second-order valence-electron chi connectivity index (χ2n) is 5.30. The van der Waals surface area contributed by atoms with Crippen molar-refractivity contribution in [3.63, 3.8) is 0 Å². The molecule has 102 valence electrons. The number of anilines is 1. The first-order valence-electron chi connectivity index (χ1n) is 6.08. The Hall–Kier alpha value is -1.08. The predicted molar refractivity (Wildman–Crippen MR) is 69.6 cm³/mol. The summed E-state index contributed by atoms with van der Waals surface area (Å²) in [6, 6.07) is 0. The molecule has 0 radical (unpaired) electrons. The zero-order valence-electron chi connectivity index (χ0n) is 11.0. The summed E-state index contributed by atoms with van der Waals surface area (Å²) < 4.78 is 29.1. The Kier molecular flexibility index (Phi) is 3.14. The molecule has 2 rings (SSSR count). The molecular weight excluding hydrogens is 252 g/mol. The molecule has 1 aliphatic carbocycles. The minimum Gasteiger partial charge on any atom is -0.381 e. The van der Waals surface area contributed by atoms with Gasteiger partial charge in [0.2, 0.25) is 10.0 Å². The third-order valence-electron chi connectivity index (χ3n) is 3.66. The summed E-state index contributed by atoms with van der Waals surface area (Å²) in [5, 5.41) is 3.95. The lowest BCUT2D eigenvalue weighted by molar-refractivity contribution is 0.427. The summed E-state index contributed by atoms with van der Waals surface area (Å²) in [6.07, 6.45) is 3.85. The second-order valence-corrected chi connectivity index (χ2v) is 6.92. The van der Waals surface area contributed by atoms with Gasteiger partial charge in [-0.15, -0.1) is 0 Å². The minimum absolute atomic E-state index is 0.0593. The lowest BCUT2D eigenvalue weighted by Crippen LogP contribution is -2.43. The van der Waals surface area contributed by atoms with Crippen molar-refractivity contribution >= 4 is 15.8 Å². The Morgan fingerprint density at radius 2 is 1.94 bits per heavy atom. The number of hydrogen-bond donors (Lipinski definition) is 2. The number of nitrogens with one attached hydrogen (secondary N) is 1. The number of hydrogen-bond acceptors (Lipinski definition) is 4. The second kappa shape index (κ2) is 4.24. The third kappa shape index (κ3) is 2.24. The minimum atomic E-state index is -3.60. The Morgan fingerprint density at radius 1 is 1.39 bits per heavy atom. The normalized spacial score (nSPS) is 19.3. The summed E-state index contributed by atoms with van der Waals surface area (Å²) in [7, 11) is -1.92. The van der Waals surface area contributed by atoms with E-state index in [1.54, 1.807) is 14.0 Å². The molecule has 0 saturated heterocycles. The highest BCUT2D eigenvalue weighted by atomic mass is 32.2. The van der Waals surface area contributed by atoms with Crippen molar-refractivity contribution < 1.29 is 8.42 Å². The average Bonchev–Trinajstić information content (AvgIpc) is 2.72. The smallest absolute Gasteiger partial charge is 0.246 e. The number of nitrogens with two attached hydrogens (primary N) is 1. The molecule has 0 amide bonds. The van der Waals surface area contributed by atoms with E-state index in [2.05, 4.69) is 9.82 Å². The summed E-state index contributed by atoms with van der Waals surface area (Å²) in [5.74, 6) is 0.0593. The van der Waals surface area contributed by atoms with Gasteiger partial charge in [0.25, 0.3) is 0 Å². The van der Waals surface area contributed by atoms with Crippen molar-refractivity contribution in [1.29, 1.82) is 0 Å². The van der Waals surface area contributed by atoms with Crippen LogP contribution in [0, 0.1) is 6.92 Å². The van der Waals surface area contributed by atoms with Gasteiger partial charge in [-0.1, -0.05) is 12.8 Å². The lowest BCUT2D eigenvalue weighted by atomic mass is 10.0. The van der Waals surface area contributed by atoms with E-state index in [9.17, 15) is 8.42 Å². The first-order valence-corrected chi connectivity index (χ1v) is 7.56. The molecule has 0 spiro atoms. The van der Waals surface area contributed by atoms with Gasteiger partial charge in [0.1, 0.15) is 4.90 Å². The van der Waals surface area contributed by atoms with Gasteiger partial charge in [-0.25, -0.2) is 13.1 Å². The van der Waals surface area contributed by atoms with Gasteiger partial charge in [-0.05, 0) is 26.7 Å². The maximum Gasteiger partial charge on any atom is 0.246 e. The summed E-state index contributed by atoms with van der Waals surface area (Å²) in [6.45, 7) is 3.65. The van der Waals surface area contributed by atoms with Crippen LogP contribution in [-0.4, -0.2) is 23.7 Å². The molecule has 1 aromatic rings. The summed E-state index contributed by atoms with van der Waals surface area (Å²) in [4.78, 5) is 0.109. The van der Waals surface area contributed by atoms with Crippen molar-refractivity contribution in [1.82, 2.24) is 14.5 Å². The van der Waals surface area contributed by atoms with Crippen LogP contribution in [0.25, 0.3) is 0 Å². The zero-order chi connectivity index (χ0) is 13.6. The van der Waals surface area contributed by atoms with E-state index in [1.807, 2.05) is 6.92 Å². The number of sulfonamides is 1. The zero-order valence-corrected chi connectivity index (χ0v) is 11.8. The molecule has 1 saturated carbocycles. The van der Waals surface area contributed by atoms with Gasteiger partial charge in [0.05, 0.1) is 5.69 Å². The Bertz CT molecular complexity index is 556.